The van der Waals surface area contributed by atoms with Gasteiger partial charge in [-0.25, -0.2) is 4.98 Å². The number of rotatable bonds is 4. The van der Waals surface area contributed by atoms with Gasteiger partial charge in [-0.15, -0.1) is 0 Å². The summed E-state index contributed by atoms with van der Waals surface area (Å²) in [5.41, 5.74) is 1.47. The molecule has 1 heterocycles. The molecule has 0 amide bonds. The number of ether oxygens (including phenoxy) is 1. The van der Waals surface area contributed by atoms with Gasteiger partial charge in [-0.3, -0.25) is 0 Å². The first-order valence-electron chi connectivity index (χ1n) is 4.72. The van der Waals surface area contributed by atoms with Crippen molar-refractivity contribution in [2.45, 2.75) is 19.6 Å². The second kappa shape index (κ2) is 5.16. The first kappa shape index (κ1) is 12.8. The van der Waals surface area contributed by atoms with Crippen molar-refractivity contribution in [2.75, 3.05) is 13.7 Å². The fraction of sp³-hybridized carbons (Fsp3) is 0.500. The molecule has 0 fully saturated rings. The Labute approximate surface area is 91.6 Å². The van der Waals surface area contributed by atoms with Crippen molar-refractivity contribution < 1.29 is 17.9 Å². The maximum absolute atomic E-state index is 11.9. The minimum atomic E-state index is -4.34. The Hall–Kier alpha value is -1.30. The normalized spacial score (nSPS) is 11.6. The van der Waals surface area contributed by atoms with E-state index in [0.717, 1.165) is 5.56 Å². The molecule has 1 aromatic rings. The summed E-state index contributed by atoms with van der Waals surface area (Å²) >= 11 is 0. The first-order chi connectivity index (χ1) is 7.40. The van der Waals surface area contributed by atoms with Crippen LogP contribution in [0.4, 0.5) is 13.2 Å². The van der Waals surface area contributed by atoms with Crippen molar-refractivity contribution in [2.24, 2.45) is 0 Å². The van der Waals surface area contributed by atoms with E-state index in [0.29, 0.717) is 12.2 Å². The smallest absolute Gasteiger partial charge is 0.422 e. The van der Waals surface area contributed by atoms with Crippen LogP contribution >= 0.6 is 0 Å². The van der Waals surface area contributed by atoms with Gasteiger partial charge in [-0.2, -0.15) is 13.2 Å². The van der Waals surface area contributed by atoms with E-state index in [4.69, 9.17) is 0 Å². The lowest BCUT2D eigenvalue weighted by Gasteiger charge is -2.10. The molecule has 16 heavy (non-hydrogen) atoms. The predicted octanol–water partition coefficient (Wildman–Crippen LogP) is 2.05. The average Bonchev–Trinajstić information content (AvgIpc) is 2.13. The van der Waals surface area contributed by atoms with E-state index in [1.54, 1.807) is 20.0 Å². The van der Waals surface area contributed by atoms with Crippen LogP contribution in [0.2, 0.25) is 0 Å². The minimum absolute atomic E-state index is 0.00238. The van der Waals surface area contributed by atoms with Crippen LogP contribution in [0.25, 0.3) is 0 Å². The molecule has 0 bridgehead atoms. The molecule has 1 aromatic heterocycles. The number of nitrogens with zero attached hydrogens (tertiary/aromatic N) is 1. The number of aromatic nitrogens is 1. The fourth-order valence-corrected chi connectivity index (χ4v) is 1.24. The summed E-state index contributed by atoms with van der Waals surface area (Å²) in [5, 5.41) is 2.91. The van der Waals surface area contributed by atoms with Gasteiger partial charge >= 0.3 is 6.18 Å². The summed E-state index contributed by atoms with van der Waals surface area (Å²) in [4.78, 5) is 3.87. The third-order valence-corrected chi connectivity index (χ3v) is 1.75. The lowest BCUT2D eigenvalue weighted by molar-refractivity contribution is -0.154. The van der Waals surface area contributed by atoms with Crippen LogP contribution < -0.4 is 10.1 Å². The van der Waals surface area contributed by atoms with Gasteiger partial charge < -0.3 is 10.1 Å². The number of alkyl halides is 3. The van der Waals surface area contributed by atoms with Gasteiger partial charge in [0, 0.05) is 18.3 Å². The summed E-state index contributed by atoms with van der Waals surface area (Å²) in [5.74, 6) is 0.00238. The molecular weight excluding hydrogens is 221 g/mol. The van der Waals surface area contributed by atoms with E-state index in [9.17, 15) is 13.2 Å². The zero-order valence-corrected chi connectivity index (χ0v) is 9.06. The van der Waals surface area contributed by atoms with Crippen LogP contribution in [0, 0.1) is 6.92 Å². The highest BCUT2D eigenvalue weighted by atomic mass is 19.4. The lowest BCUT2D eigenvalue weighted by Crippen LogP contribution is -2.20. The van der Waals surface area contributed by atoms with Gasteiger partial charge in [0.25, 0.3) is 0 Å². The summed E-state index contributed by atoms with van der Waals surface area (Å²) in [7, 11) is 1.76. The molecule has 0 radical (unpaired) electrons. The molecule has 0 aliphatic heterocycles. The van der Waals surface area contributed by atoms with Gasteiger partial charge in [-0.1, -0.05) is 0 Å². The SMILES string of the molecule is CNCc1cc(C)nc(OCC(F)(F)F)c1. The Balaban J connectivity index is 2.72. The topological polar surface area (TPSA) is 34.2 Å². The maximum Gasteiger partial charge on any atom is 0.422 e. The van der Waals surface area contributed by atoms with Gasteiger partial charge in [0.1, 0.15) is 0 Å². The molecule has 90 valence electrons. The lowest BCUT2D eigenvalue weighted by atomic mass is 10.2. The molecule has 0 saturated heterocycles. The molecule has 0 atom stereocenters. The molecule has 0 aliphatic rings. The van der Waals surface area contributed by atoms with Crippen LogP contribution in [-0.2, 0) is 6.54 Å². The quantitative estimate of drug-likeness (QED) is 0.865. The van der Waals surface area contributed by atoms with Crippen molar-refractivity contribution in [1.82, 2.24) is 10.3 Å². The fourth-order valence-electron chi connectivity index (χ4n) is 1.24. The molecule has 1 N–H and O–H groups in total. The number of pyridine rings is 1. The number of hydrogen-bond acceptors (Lipinski definition) is 3. The van der Waals surface area contributed by atoms with E-state index >= 15 is 0 Å². The van der Waals surface area contributed by atoms with Gasteiger partial charge in [0.2, 0.25) is 5.88 Å². The van der Waals surface area contributed by atoms with Gasteiger partial charge in [0.15, 0.2) is 6.61 Å². The van der Waals surface area contributed by atoms with Crippen LogP contribution in [-0.4, -0.2) is 24.8 Å². The summed E-state index contributed by atoms with van der Waals surface area (Å²) in [6.07, 6.45) is -4.34. The Morgan fingerprint density at radius 1 is 1.38 bits per heavy atom. The van der Waals surface area contributed by atoms with E-state index in [1.807, 2.05) is 0 Å². The van der Waals surface area contributed by atoms with Crippen molar-refractivity contribution in [3.63, 3.8) is 0 Å². The molecule has 0 unspecified atom stereocenters. The highest BCUT2D eigenvalue weighted by Crippen LogP contribution is 2.18. The van der Waals surface area contributed by atoms with E-state index in [1.165, 1.54) is 6.07 Å². The molecular formula is C10H13F3N2O. The van der Waals surface area contributed by atoms with Crippen molar-refractivity contribution in [3.05, 3.63) is 23.4 Å². The summed E-state index contributed by atoms with van der Waals surface area (Å²) in [6.45, 7) is 0.952. The largest absolute Gasteiger partial charge is 0.468 e. The van der Waals surface area contributed by atoms with Crippen molar-refractivity contribution in [3.8, 4) is 5.88 Å². The second-order valence-corrected chi connectivity index (χ2v) is 3.39. The van der Waals surface area contributed by atoms with Crippen molar-refractivity contribution in [1.29, 1.82) is 0 Å². The van der Waals surface area contributed by atoms with Crippen LogP contribution in [0.5, 0.6) is 5.88 Å². The molecule has 6 heteroatoms. The summed E-state index contributed by atoms with van der Waals surface area (Å²) in [6, 6.07) is 3.28. The van der Waals surface area contributed by atoms with E-state index < -0.39 is 12.8 Å². The molecule has 3 nitrogen and oxygen atoms in total. The van der Waals surface area contributed by atoms with E-state index in [2.05, 4.69) is 15.0 Å². The zero-order chi connectivity index (χ0) is 12.2. The highest BCUT2D eigenvalue weighted by molar-refractivity contribution is 5.24. The van der Waals surface area contributed by atoms with Crippen LogP contribution in [0.3, 0.4) is 0 Å². The molecule has 0 saturated carbocycles. The Bertz CT molecular complexity index is 352. The predicted molar refractivity (Wildman–Crippen MR) is 53.3 cm³/mol. The Kier molecular flexibility index (Phi) is 4.12. The number of hydrogen-bond donors (Lipinski definition) is 1. The second-order valence-electron chi connectivity index (χ2n) is 3.39. The number of nitrogens with one attached hydrogen (secondary N) is 1. The molecule has 1 rings (SSSR count). The zero-order valence-electron chi connectivity index (χ0n) is 9.06. The monoisotopic (exact) mass is 234 g/mol. The van der Waals surface area contributed by atoms with Gasteiger partial charge in [-0.05, 0) is 25.6 Å². The van der Waals surface area contributed by atoms with Crippen LogP contribution in [0.1, 0.15) is 11.3 Å². The third kappa shape index (κ3) is 4.48. The highest BCUT2D eigenvalue weighted by Gasteiger charge is 2.28. The Morgan fingerprint density at radius 2 is 2.06 bits per heavy atom. The van der Waals surface area contributed by atoms with Gasteiger partial charge in [0.05, 0.1) is 0 Å². The maximum atomic E-state index is 11.9. The number of aryl methyl sites for hydroxylation is 1. The van der Waals surface area contributed by atoms with Crippen LogP contribution in [0.15, 0.2) is 12.1 Å². The average molecular weight is 234 g/mol. The van der Waals surface area contributed by atoms with Crippen molar-refractivity contribution >= 4 is 0 Å². The third-order valence-electron chi connectivity index (χ3n) is 1.75. The molecule has 0 aromatic carbocycles. The first-order valence-corrected chi connectivity index (χ1v) is 4.72. The molecule has 0 aliphatic carbocycles. The Morgan fingerprint density at radius 3 is 2.62 bits per heavy atom. The molecule has 0 spiro atoms. The standard InChI is InChI=1S/C10H13F3N2O/c1-7-3-8(5-14-2)4-9(15-7)16-6-10(11,12)13/h3-4,14H,5-6H2,1-2H3. The minimum Gasteiger partial charge on any atom is -0.468 e. The summed E-state index contributed by atoms with van der Waals surface area (Å²) < 4.78 is 40.4. The number of halogens is 3. The van der Waals surface area contributed by atoms with E-state index in [-0.39, 0.29) is 5.88 Å².